The molecule has 27 N–H and O–H groups in total. The molecule has 9 heterocycles. The highest BCUT2D eigenvalue weighted by molar-refractivity contribution is 5.73. The van der Waals surface area contributed by atoms with Crippen LogP contribution in [0.25, 0.3) is 0 Å². The maximum Gasteiger partial charge on any atom is 0.217 e. The lowest BCUT2D eigenvalue weighted by atomic mass is 9.93. The van der Waals surface area contributed by atoms with Crippen molar-refractivity contribution in [3.8, 4) is 0 Å². The highest BCUT2D eigenvalue weighted by Crippen LogP contribution is 2.40. The van der Waals surface area contributed by atoms with E-state index in [0.29, 0.717) is 0 Å². The number of rotatable bonds is 25. The number of carbonyl (C=O) groups excluding carboxylic acids is 2. The van der Waals surface area contributed by atoms with Gasteiger partial charge in [0.2, 0.25) is 11.8 Å². The minimum absolute atomic E-state index is 0.944. The molecule has 9 fully saturated rings. The van der Waals surface area contributed by atoms with E-state index < -0.39 is 334 Å². The molecule has 604 valence electrons. The van der Waals surface area contributed by atoms with E-state index in [1.807, 2.05) is 0 Å². The fraction of sp³-hybridized carbons (Fsp3) is 0.966. The van der Waals surface area contributed by atoms with Crippen LogP contribution in [0.5, 0.6) is 0 Å². The third-order valence-corrected chi connectivity index (χ3v) is 19.5. The van der Waals surface area contributed by atoms with E-state index in [9.17, 15) is 137 Å². The average Bonchev–Trinajstić information content (AvgIpc) is 0.762. The highest BCUT2D eigenvalue weighted by atomic mass is 16.8. The Balaban J connectivity index is 0.993. The van der Waals surface area contributed by atoms with Crippen LogP contribution in [-0.2, 0) is 90.1 Å². The van der Waals surface area contributed by atoms with Gasteiger partial charge in [0.1, 0.15) is 207 Å². The molecule has 9 rings (SSSR count). The number of aliphatic hydroxyl groups excluding tert-OH is 25. The van der Waals surface area contributed by atoms with E-state index >= 15 is 0 Å². The molecule has 2 amide bonds. The van der Waals surface area contributed by atoms with Gasteiger partial charge >= 0.3 is 0 Å². The lowest BCUT2D eigenvalue weighted by molar-refractivity contribution is -0.399. The van der Waals surface area contributed by atoms with E-state index in [4.69, 9.17) is 80.5 Å². The molecule has 0 aliphatic carbocycles. The van der Waals surface area contributed by atoms with Gasteiger partial charge in [0.05, 0.1) is 58.5 Å². The number of aliphatic hydroxyl groups is 25. The second-order valence-corrected chi connectivity index (χ2v) is 26.7. The zero-order valence-electron chi connectivity index (χ0n) is 55.9. The fourth-order valence-electron chi connectivity index (χ4n) is 13.5. The largest absolute Gasteiger partial charge is 0.394 e. The minimum atomic E-state index is -2.42. The van der Waals surface area contributed by atoms with Crippen molar-refractivity contribution in [3.63, 3.8) is 0 Å². The number of ether oxygens (including phenoxy) is 17. The molecule has 1 unspecified atom stereocenters. The summed E-state index contributed by atoms with van der Waals surface area (Å²) >= 11 is 0. The van der Waals surface area contributed by atoms with Gasteiger partial charge in [0, 0.05) is 13.8 Å². The van der Waals surface area contributed by atoms with E-state index in [-0.39, 0.29) is 0 Å². The van der Waals surface area contributed by atoms with Crippen LogP contribution < -0.4 is 10.6 Å². The van der Waals surface area contributed by atoms with Crippen LogP contribution in [0, 0.1) is 0 Å². The van der Waals surface area contributed by atoms with Gasteiger partial charge in [-0.3, -0.25) is 9.59 Å². The van der Waals surface area contributed by atoms with Crippen LogP contribution in [0.2, 0.25) is 0 Å². The monoisotopic (exact) mass is 1530 g/mol. The van der Waals surface area contributed by atoms with Crippen molar-refractivity contribution in [2.75, 3.05) is 46.2 Å². The molecular weight excluding hydrogens is 1430 g/mol. The Hall–Kier alpha value is -2.74. The maximum atomic E-state index is 13.2. The van der Waals surface area contributed by atoms with Crippen molar-refractivity contribution in [2.24, 2.45) is 0 Å². The van der Waals surface area contributed by atoms with Gasteiger partial charge in [0.25, 0.3) is 0 Å². The first-order chi connectivity index (χ1) is 49.1. The zero-order valence-corrected chi connectivity index (χ0v) is 55.9. The normalized spacial score (nSPS) is 51.9. The van der Waals surface area contributed by atoms with Gasteiger partial charge in [-0.15, -0.1) is 0 Å². The Kier molecular flexibility index (Phi) is 30.0. The number of carbonyl (C=O) groups is 2. The van der Waals surface area contributed by atoms with E-state index in [1.165, 1.54) is 13.8 Å². The molecule has 0 aromatic heterocycles. The molecule has 0 spiro atoms. The van der Waals surface area contributed by atoms with Gasteiger partial charge in [-0.2, -0.15) is 0 Å². The van der Waals surface area contributed by atoms with Crippen molar-refractivity contribution in [3.05, 3.63) is 0 Å². The lowest BCUT2D eigenvalue weighted by Crippen LogP contribution is -2.71. The van der Waals surface area contributed by atoms with Crippen LogP contribution in [0.1, 0.15) is 27.7 Å². The van der Waals surface area contributed by atoms with Crippen molar-refractivity contribution < 1.29 is 218 Å². The summed E-state index contributed by atoms with van der Waals surface area (Å²) in [6.45, 7) is -3.09. The quantitative estimate of drug-likeness (QED) is 0.0404. The number of nitrogens with one attached hydrogen (secondary N) is 2. The maximum absolute atomic E-state index is 13.2. The molecule has 0 saturated carbocycles. The molecule has 46 heteroatoms. The first kappa shape index (κ1) is 85.3. The molecule has 9 saturated heterocycles. The van der Waals surface area contributed by atoms with Crippen molar-refractivity contribution in [1.29, 1.82) is 0 Å². The molecule has 46 nitrogen and oxygen atoms in total. The van der Waals surface area contributed by atoms with E-state index in [2.05, 4.69) is 10.6 Å². The van der Waals surface area contributed by atoms with Gasteiger partial charge in [0.15, 0.2) is 56.6 Å². The third kappa shape index (κ3) is 18.1. The second-order valence-electron chi connectivity index (χ2n) is 26.7. The summed E-state index contributed by atoms with van der Waals surface area (Å²) in [7, 11) is 0. The SMILES string of the molecule is CC(=O)N[C@H]1[C@H](O[C@@H]2[C@@H](OC[C@H]3OC(O)[C@H](O)[C@@H](O[C@H]4O[C@H](CO)[C@@H](O)[C@H](O)[C@@H]4O[C@@H]4O[C@H](CO)[C@@H](O[C@@H]5O[C@H](CO)[C@H](O)[C@H](O)[C@H]5O)[C@H](O[C@@H]5O[C@@H](C)[C@@H](O)[C@@H](O)[C@@H]5O)[C@H]4NC(C)=O)[C@@H]3O)O[C@H](CO)[C@@H](O)[C@@H]2O)O[C@H](CO)[C@@H](O[C@@H]2O[C@H](CO)[C@H](O)[C@H](O)[C@H]2O)[C@@H]1O[C@@H]1O[C@@H](C)[C@@H](O)[C@@H](O)[C@@H]1O. The topological polar surface area (TPSA) is 721 Å². The molecule has 9 aliphatic heterocycles. The number of hydrogen-bond acceptors (Lipinski definition) is 44. The molecule has 45 atom stereocenters. The summed E-state index contributed by atoms with van der Waals surface area (Å²) in [5.41, 5.74) is 0. The number of hydrogen-bond donors (Lipinski definition) is 27. The minimum Gasteiger partial charge on any atom is -0.394 e. The summed E-state index contributed by atoms with van der Waals surface area (Å²) in [6.07, 6.45) is -86.6. The van der Waals surface area contributed by atoms with Gasteiger partial charge in [-0.25, -0.2) is 0 Å². The van der Waals surface area contributed by atoms with Gasteiger partial charge in [-0.1, -0.05) is 0 Å². The summed E-state index contributed by atoms with van der Waals surface area (Å²) in [6, 6.07) is -3.87. The van der Waals surface area contributed by atoms with Crippen LogP contribution in [-0.4, -0.2) is 462 Å². The lowest BCUT2D eigenvalue weighted by Gasteiger charge is -2.52. The average molecular weight is 1530 g/mol. The van der Waals surface area contributed by atoms with Crippen molar-refractivity contribution >= 4 is 11.8 Å². The van der Waals surface area contributed by atoms with Crippen molar-refractivity contribution in [2.45, 2.75) is 304 Å². The predicted molar refractivity (Wildman–Crippen MR) is 317 cm³/mol. The zero-order chi connectivity index (χ0) is 76.5. The molecule has 0 aromatic rings. The molecule has 0 radical (unpaired) electrons. The smallest absolute Gasteiger partial charge is 0.217 e. The van der Waals surface area contributed by atoms with Gasteiger partial charge in [-0.05, 0) is 13.8 Å². The first-order valence-electron chi connectivity index (χ1n) is 33.4. The van der Waals surface area contributed by atoms with Crippen LogP contribution in [0.4, 0.5) is 0 Å². The summed E-state index contributed by atoms with van der Waals surface area (Å²) in [5.74, 6) is -1.91. The summed E-state index contributed by atoms with van der Waals surface area (Å²) in [4.78, 5) is 26.5. The molecule has 104 heavy (non-hydrogen) atoms. The standard InChI is InChI=1S/C58H98N2O44/c1-12-25(69)32(76)38(82)53(89-12)100-45-23(59-14(3)67)51(96-20(9-65)43(45)98-55-40(84)34(78)27(71)16(5-61)92-55)103-48-36(80)29(73)18(7-63)94-57(48)88-11-22-31(75)47(42(86)50(87)91-22)102-58-49(37(81)30(74)19(8-64)95-58)104-52-24(60-15(4)68)46(101-54-39(83)33(77)26(70)13(2)90-54)44(21(10-66)97-52)99-56-41(85)35(79)28(72)17(6-62)93-56/h12-13,16-58,61-66,69-87H,5-11H2,1-4H3,(H,59,67)(H,60,68)/t12-,13-,16+,17+,18+,19+,20+,21+,22+,23+,24+,25+,26+,27-,28-,29+,30+,31+,32+,33+,34-,35-,36-,37-,38-,39-,40+,41+,42+,43+,44+,45+,46+,47-,48-,49-,50?,51-,52-,53-,54-,55-,56-,57-,58+/m0/s1. The third-order valence-electron chi connectivity index (χ3n) is 19.5. The Bertz CT molecular complexity index is 2680. The van der Waals surface area contributed by atoms with E-state index in [1.54, 1.807) is 0 Å². The van der Waals surface area contributed by atoms with Crippen molar-refractivity contribution in [1.82, 2.24) is 10.6 Å². The van der Waals surface area contributed by atoms with Crippen LogP contribution in [0.3, 0.4) is 0 Å². The highest BCUT2D eigenvalue weighted by Gasteiger charge is 2.61. The molecule has 0 bridgehead atoms. The van der Waals surface area contributed by atoms with Crippen LogP contribution >= 0.6 is 0 Å². The fourth-order valence-corrected chi connectivity index (χ4v) is 13.5. The predicted octanol–water partition coefficient (Wildman–Crippen LogP) is -18.3. The molecule has 0 aromatic carbocycles. The summed E-state index contributed by atoms with van der Waals surface area (Å²) in [5, 5.41) is 278. The Morgan fingerprint density at radius 1 is 0.269 bits per heavy atom. The van der Waals surface area contributed by atoms with Gasteiger partial charge < -0.3 is 219 Å². The Labute approximate surface area is 589 Å². The molecular formula is C58H98N2O44. The second kappa shape index (κ2) is 36.6. The molecule has 9 aliphatic rings. The Morgan fingerprint density at radius 3 is 0.923 bits per heavy atom. The Morgan fingerprint density at radius 2 is 0.558 bits per heavy atom. The van der Waals surface area contributed by atoms with Crippen LogP contribution in [0.15, 0.2) is 0 Å². The summed E-state index contributed by atoms with van der Waals surface area (Å²) < 4.78 is 101. The van der Waals surface area contributed by atoms with E-state index in [0.717, 1.165) is 13.8 Å². The first-order valence-corrected chi connectivity index (χ1v) is 33.4. The number of amides is 2.